The standard InChI is InChI=1S/C18H25N3/c1-4-12-19-14-16-9-7-11-18(20-16)21(5-2)17-10-6-8-15(3)13-17/h6-11,13,19H,4-5,12,14H2,1-3H3. The molecule has 0 aliphatic heterocycles. The number of pyridine rings is 1. The molecule has 2 aromatic rings. The second-order valence-electron chi connectivity index (χ2n) is 5.25. The minimum atomic E-state index is 0.826. The molecule has 0 radical (unpaired) electrons. The van der Waals surface area contributed by atoms with Crippen molar-refractivity contribution in [2.24, 2.45) is 0 Å². The van der Waals surface area contributed by atoms with Crippen molar-refractivity contribution >= 4 is 11.5 Å². The molecule has 0 spiro atoms. The summed E-state index contributed by atoms with van der Waals surface area (Å²) in [5, 5.41) is 3.40. The summed E-state index contributed by atoms with van der Waals surface area (Å²) in [4.78, 5) is 7.03. The number of anilines is 2. The van der Waals surface area contributed by atoms with Gasteiger partial charge in [-0.3, -0.25) is 0 Å². The van der Waals surface area contributed by atoms with Crippen molar-refractivity contribution < 1.29 is 0 Å². The molecule has 3 heteroatoms. The van der Waals surface area contributed by atoms with Crippen LogP contribution in [0.3, 0.4) is 0 Å². The lowest BCUT2D eigenvalue weighted by molar-refractivity contribution is 0.664. The van der Waals surface area contributed by atoms with Crippen LogP contribution in [0.4, 0.5) is 11.5 Å². The molecule has 0 bridgehead atoms. The first-order valence-electron chi connectivity index (χ1n) is 7.75. The lowest BCUT2D eigenvalue weighted by Crippen LogP contribution is -2.19. The third-order valence-electron chi connectivity index (χ3n) is 3.43. The van der Waals surface area contributed by atoms with Gasteiger partial charge in [0.2, 0.25) is 0 Å². The number of hydrogen-bond acceptors (Lipinski definition) is 3. The second kappa shape index (κ2) is 7.79. The maximum atomic E-state index is 4.79. The molecule has 0 aliphatic carbocycles. The topological polar surface area (TPSA) is 28.2 Å². The van der Waals surface area contributed by atoms with Gasteiger partial charge in [-0.1, -0.05) is 25.1 Å². The molecule has 1 heterocycles. The van der Waals surface area contributed by atoms with Gasteiger partial charge in [0.25, 0.3) is 0 Å². The van der Waals surface area contributed by atoms with Gasteiger partial charge in [0.15, 0.2) is 0 Å². The Labute approximate surface area is 128 Å². The first kappa shape index (κ1) is 15.5. The predicted molar refractivity (Wildman–Crippen MR) is 90.1 cm³/mol. The number of benzene rings is 1. The summed E-state index contributed by atoms with van der Waals surface area (Å²) in [5.74, 6) is 1.01. The van der Waals surface area contributed by atoms with Gasteiger partial charge in [-0.25, -0.2) is 4.98 Å². The summed E-state index contributed by atoms with van der Waals surface area (Å²) >= 11 is 0. The van der Waals surface area contributed by atoms with Crippen LogP contribution in [0.15, 0.2) is 42.5 Å². The van der Waals surface area contributed by atoms with Gasteiger partial charge in [0, 0.05) is 18.8 Å². The highest BCUT2D eigenvalue weighted by molar-refractivity contribution is 5.60. The highest BCUT2D eigenvalue weighted by Gasteiger charge is 2.09. The molecule has 0 unspecified atom stereocenters. The molecule has 0 fully saturated rings. The number of hydrogen-bond donors (Lipinski definition) is 1. The van der Waals surface area contributed by atoms with E-state index >= 15 is 0 Å². The van der Waals surface area contributed by atoms with Crippen LogP contribution in [0, 0.1) is 6.92 Å². The van der Waals surface area contributed by atoms with E-state index in [0.29, 0.717) is 0 Å². The van der Waals surface area contributed by atoms with Crippen LogP contribution in [0.2, 0.25) is 0 Å². The van der Waals surface area contributed by atoms with Crippen LogP contribution in [-0.4, -0.2) is 18.1 Å². The molecule has 1 N–H and O–H groups in total. The van der Waals surface area contributed by atoms with E-state index in [1.54, 1.807) is 0 Å². The zero-order valence-corrected chi connectivity index (χ0v) is 13.3. The van der Waals surface area contributed by atoms with E-state index < -0.39 is 0 Å². The maximum Gasteiger partial charge on any atom is 0.133 e. The van der Waals surface area contributed by atoms with Gasteiger partial charge < -0.3 is 10.2 Å². The normalized spacial score (nSPS) is 10.6. The third-order valence-corrected chi connectivity index (χ3v) is 3.43. The predicted octanol–water partition coefficient (Wildman–Crippen LogP) is 4.05. The highest BCUT2D eigenvalue weighted by atomic mass is 15.2. The van der Waals surface area contributed by atoms with E-state index in [0.717, 1.165) is 37.6 Å². The van der Waals surface area contributed by atoms with Gasteiger partial charge in [0.05, 0.1) is 5.69 Å². The van der Waals surface area contributed by atoms with Gasteiger partial charge >= 0.3 is 0 Å². The van der Waals surface area contributed by atoms with Crippen molar-refractivity contribution in [2.45, 2.75) is 33.7 Å². The van der Waals surface area contributed by atoms with E-state index in [1.807, 2.05) is 0 Å². The smallest absolute Gasteiger partial charge is 0.133 e. The van der Waals surface area contributed by atoms with Crippen LogP contribution in [0.5, 0.6) is 0 Å². The van der Waals surface area contributed by atoms with Crippen molar-refractivity contribution in [1.29, 1.82) is 0 Å². The molecule has 2 rings (SSSR count). The van der Waals surface area contributed by atoms with Crippen LogP contribution in [0.25, 0.3) is 0 Å². The number of nitrogens with one attached hydrogen (secondary N) is 1. The molecule has 21 heavy (non-hydrogen) atoms. The third kappa shape index (κ3) is 4.30. The number of rotatable bonds is 7. The van der Waals surface area contributed by atoms with Crippen molar-refractivity contribution in [1.82, 2.24) is 10.3 Å². The fourth-order valence-corrected chi connectivity index (χ4v) is 2.38. The Morgan fingerprint density at radius 1 is 1.10 bits per heavy atom. The minimum absolute atomic E-state index is 0.826. The van der Waals surface area contributed by atoms with E-state index in [1.165, 1.54) is 11.3 Å². The molecule has 1 aromatic heterocycles. The van der Waals surface area contributed by atoms with Crippen molar-refractivity contribution in [2.75, 3.05) is 18.0 Å². The average molecular weight is 283 g/mol. The molecule has 0 amide bonds. The van der Waals surface area contributed by atoms with Crippen molar-refractivity contribution in [3.8, 4) is 0 Å². The Hall–Kier alpha value is -1.87. The molecular formula is C18H25N3. The van der Waals surface area contributed by atoms with Gasteiger partial charge in [-0.05, 0) is 56.6 Å². The summed E-state index contributed by atoms with van der Waals surface area (Å²) in [6.45, 7) is 9.21. The van der Waals surface area contributed by atoms with Crippen LogP contribution >= 0.6 is 0 Å². The Morgan fingerprint density at radius 3 is 2.62 bits per heavy atom. The number of nitrogens with zero attached hydrogens (tertiary/aromatic N) is 2. The summed E-state index contributed by atoms with van der Waals surface area (Å²) in [6, 6.07) is 14.8. The summed E-state index contributed by atoms with van der Waals surface area (Å²) in [7, 11) is 0. The molecule has 0 saturated heterocycles. The Kier molecular flexibility index (Phi) is 5.76. The van der Waals surface area contributed by atoms with Gasteiger partial charge in [-0.2, -0.15) is 0 Å². The van der Waals surface area contributed by atoms with Crippen molar-refractivity contribution in [3.05, 3.63) is 53.7 Å². The SMILES string of the molecule is CCCNCc1cccc(N(CC)c2cccc(C)c2)n1. The fourth-order valence-electron chi connectivity index (χ4n) is 2.38. The van der Waals surface area contributed by atoms with Crippen LogP contribution in [-0.2, 0) is 6.54 Å². The quantitative estimate of drug-likeness (QED) is 0.777. The molecule has 3 nitrogen and oxygen atoms in total. The molecule has 0 atom stereocenters. The molecule has 0 aliphatic rings. The van der Waals surface area contributed by atoms with Crippen LogP contribution < -0.4 is 10.2 Å². The lowest BCUT2D eigenvalue weighted by atomic mass is 10.2. The lowest BCUT2D eigenvalue weighted by Gasteiger charge is -2.23. The first-order valence-corrected chi connectivity index (χ1v) is 7.75. The molecular weight excluding hydrogens is 258 g/mol. The Morgan fingerprint density at radius 2 is 1.90 bits per heavy atom. The average Bonchev–Trinajstić information content (AvgIpc) is 2.49. The van der Waals surface area contributed by atoms with Crippen LogP contribution in [0.1, 0.15) is 31.5 Å². The highest BCUT2D eigenvalue weighted by Crippen LogP contribution is 2.24. The second-order valence-corrected chi connectivity index (χ2v) is 5.25. The zero-order chi connectivity index (χ0) is 15.1. The summed E-state index contributed by atoms with van der Waals surface area (Å²) in [5.41, 5.74) is 3.56. The first-order chi connectivity index (χ1) is 10.2. The van der Waals surface area contributed by atoms with Crippen molar-refractivity contribution in [3.63, 3.8) is 0 Å². The summed E-state index contributed by atoms with van der Waals surface area (Å²) < 4.78 is 0. The minimum Gasteiger partial charge on any atom is -0.327 e. The zero-order valence-electron chi connectivity index (χ0n) is 13.3. The number of aromatic nitrogens is 1. The van der Waals surface area contributed by atoms with E-state index in [-0.39, 0.29) is 0 Å². The molecule has 1 aromatic carbocycles. The van der Waals surface area contributed by atoms with Gasteiger partial charge in [-0.15, -0.1) is 0 Å². The van der Waals surface area contributed by atoms with E-state index in [9.17, 15) is 0 Å². The maximum absolute atomic E-state index is 4.79. The van der Waals surface area contributed by atoms with E-state index in [4.69, 9.17) is 4.98 Å². The Bertz CT molecular complexity index is 566. The number of aryl methyl sites for hydroxylation is 1. The Balaban J connectivity index is 2.20. The fraction of sp³-hybridized carbons (Fsp3) is 0.389. The monoisotopic (exact) mass is 283 g/mol. The molecule has 0 saturated carbocycles. The van der Waals surface area contributed by atoms with Gasteiger partial charge in [0.1, 0.15) is 5.82 Å². The summed E-state index contributed by atoms with van der Waals surface area (Å²) in [6.07, 6.45) is 1.14. The van der Waals surface area contributed by atoms with E-state index in [2.05, 4.69) is 73.5 Å². The largest absolute Gasteiger partial charge is 0.327 e. The molecule has 112 valence electrons.